The summed E-state index contributed by atoms with van der Waals surface area (Å²) in [5, 5.41) is 0.737. The quantitative estimate of drug-likeness (QED) is 0.394. The van der Waals surface area contributed by atoms with Gasteiger partial charge in [0.15, 0.2) is 5.16 Å². The summed E-state index contributed by atoms with van der Waals surface area (Å²) in [5.41, 5.74) is 3.98. The lowest BCUT2D eigenvalue weighted by Crippen LogP contribution is -2.36. The summed E-state index contributed by atoms with van der Waals surface area (Å²) in [6, 6.07) is 5.22. The molecule has 0 bridgehead atoms. The average molecular weight is 447 g/mol. The monoisotopic (exact) mass is 446 g/mol. The van der Waals surface area contributed by atoms with Gasteiger partial charge in [-0.1, -0.05) is 11.8 Å². The summed E-state index contributed by atoms with van der Waals surface area (Å²) in [7, 11) is 1.68. The topological polar surface area (TPSA) is 72.5 Å². The third kappa shape index (κ3) is 5.28. The van der Waals surface area contributed by atoms with E-state index in [4.69, 9.17) is 14.2 Å². The fourth-order valence-electron chi connectivity index (χ4n) is 3.49. The van der Waals surface area contributed by atoms with E-state index in [0.717, 1.165) is 34.1 Å². The molecule has 3 heterocycles. The van der Waals surface area contributed by atoms with Crippen LogP contribution in [-0.2, 0) is 15.2 Å². The van der Waals surface area contributed by atoms with E-state index in [1.807, 2.05) is 24.0 Å². The number of H-pyrrole nitrogens is 1. The van der Waals surface area contributed by atoms with Crippen LogP contribution in [0.4, 0.5) is 10.1 Å². The minimum Gasteiger partial charge on any atom is -0.493 e. The number of benzene rings is 1. The Bertz CT molecular complexity index is 1020. The van der Waals surface area contributed by atoms with Gasteiger partial charge < -0.3 is 24.1 Å². The molecule has 1 aromatic carbocycles. The van der Waals surface area contributed by atoms with Crippen molar-refractivity contribution in [1.82, 2.24) is 15.0 Å². The van der Waals surface area contributed by atoms with Crippen molar-refractivity contribution in [3.05, 3.63) is 41.5 Å². The van der Waals surface area contributed by atoms with Crippen molar-refractivity contribution in [3.8, 4) is 5.75 Å². The number of hydrogen-bond donors (Lipinski definition) is 1. The Morgan fingerprint density at radius 3 is 2.90 bits per heavy atom. The second-order valence-electron chi connectivity index (χ2n) is 7.33. The average Bonchev–Trinajstić information content (AvgIpc) is 3.18. The van der Waals surface area contributed by atoms with Gasteiger partial charge in [0, 0.05) is 56.8 Å². The zero-order valence-electron chi connectivity index (χ0n) is 17.8. The number of halogens is 1. The van der Waals surface area contributed by atoms with Crippen LogP contribution in [0, 0.1) is 12.7 Å². The van der Waals surface area contributed by atoms with Gasteiger partial charge in [-0.25, -0.2) is 9.37 Å². The Hall–Kier alpha value is -2.36. The first kappa shape index (κ1) is 21.9. The van der Waals surface area contributed by atoms with Crippen molar-refractivity contribution in [1.29, 1.82) is 0 Å². The molecule has 3 aromatic rings. The number of ether oxygens (including phenoxy) is 3. The Kier molecular flexibility index (Phi) is 7.26. The number of fused-ring (bicyclic) bond motifs is 1. The molecule has 1 N–H and O–H groups in total. The molecule has 7 nitrogen and oxygen atoms in total. The number of nitrogens with one attached hydrogen (secondary N) is 1. The Morgan fingerprint density at radius 1 is 1.26 bits per heavy atom. The number of imidazole rings is 1. The lowest BCUT2D eigenvalue weighted by Gasteiger charge is -2.29. The van der Waals surface area contributed by atoms with Crippen LogP contribution < -0.4 is 9.64 Å². The second kappa shape index (κ2) is 10.3. The molecule has 0 spiro atoms. The van der Waals surface area contributed by atoms with Crippen LogP contribution in [0.5, 0.6) is 5.75 Å². The van der Waals surface area contributed by atoms with Crippen LogP contribution >= 0.6 is 11.8 Å². The Labute approximate surface area is 185 Å². The molecule has 9 heteroatoms. The fraction of sp³-hybridized carbons (Fsp3) is 0.455. The molecule has 1 aliphatic rings. The van der Waals surface area contributed by atoms with Crippen LogP contribution in [0.15, 0.2) is 29.6 Å². The van der Waals surface area contributed by atoms with Crippen molar-refractivity contribution < 1.29 is 18.6 Å². The molecule has 0 aliphatic carbocycles. The van der Waals surface area contributed by atoms with Gasteiger partial charge in [0.25, 0.3) is 0 Å². The number of aromatic nitrogens is 3. The third-order valence-electron chi connectivity index (χ3n) is 5.24. The van der Waals surface area contributed by atoms with E-state index in [2.05, 4.69) is 15.0 Å². The van der Waals surface area contributed by atoms with Crippen LogP contribution in [0.2, 0.25) is 0 Å². The number of methoxy groups -OCH3 is 1. The first-order chi connectivity index (χ1) is 15.2. The van der Waals surface area contributed by atoms with Crippen LogP contribution in [0.25, 0.3) is 11.0 Å². The van der Waals surface area contributed by atoms with Gasteiger partial charge in [0.1, 0.15) is 11.6 Å². The summed E-state index contributed by atoms with van der Waals surface area (Å²) < 4.78 is 30.9. The molecule has 0 radical (unpaired) electrons. The second-order valence-corrected chi connectivity index (χ2v) is 8.29. The summed E-state index contributed by atoms with van der Waals surface area (Å²) >= 11 is 1.54. The van der Waals surface area contributed by atoms with Gasteiger partial charge >= 0.3 is 0 Å². The van der Waals surface area contributed by atoms with Crippen molar-refractivity contribution >= 4 is 28.5 Å². The van der Waals surface area contributed by atoms with Crippen LogP contribution in [-0.4, -0.2) is 61.6 Å². The molecule has 0 unspecified atom stereocenters. The SMILES string of the molecule is COCCCOc1ccnc(CSc2nc3cc(N4CCOCC4)c(F)cc3[nH]2)c1C. The van der Waals surface area contributed by atoms with Crippen LogP contribution in [0.3, 0.4) is 0 Å². The lowest BCUT2D eigenvalue weighted by atomic mass is 10.2. The molecule has 31 heavy (non-hydrogen) atoms. The normalized spacial score (nSPS) is 14.4. The number of anilines is 1. The maximum absolute atomic E-state index is 14.6. The van der Waals surface area contributed by atoms with Gasteiger partial charge in [0.05, 0.1) is 42.2 Å². The molecule has 0 amide bonds. The molecule has 4 rings (SSSR count). The number of rotatable bonds is 9. The van der Waals surface area contributed by atoms with E-state index in [1.54, 1.807) is 25.1 Å². The number of thioether (sulfide) groups is 1. The maximum atomic E-state index is 14.6. The number of pyridine rings is 1. The largest absolute Gasteiger partial charge is 0.493 e. The molecular formula is C22H27FN4O3S. The van der Waals surface area contributed by atoms with Gasteiger partial charge in [-0.3, -0.25) is 4.98 Å². The summed E-state index contributed by atoms with van der Waals surface area (Å²) in [6.45, 7) is 5.88. The van der Waals surface area contributed by atoms with Crippen molar-refractivity contribution in [2.24, 2.45) is 0 Å². The van der Waals surface area contributed by atoms with E-state index in [-0.39, 0.29) is 5.82 Å². The molecule has 1 fully saturated rings. The van der Waals surface area contributed by atoms with E-state index in [1.165, 1.54) is 6.07 Å². The predicted octanol–water partition coefficient (Wildman–Crippen LogP) is 3.95. The van der Waals surface area contributed by atoms with Gasteiger partial charge in [-0.2, -0.15) is 0 Å². The standard InChI is InChI=1S/C22H27FN4O3S/c1-15-19(24-5-4-21(15)30-9-3-8-28-2)14-31-22-25-17-12-16(23)20(13-18(17)26-22)27-6-10-29-11-7-27/h4-5,12-13H,3,6-11,14H2,1-2H3,(H,25,26). The summed E-state index contributed by atoms with van der Waals surface area (Å²) in [6.07, 6.45) is 2.60. The molecule has 1 saturated heterocycles. The minimum absolute atomic E-state index is 0.245. The summed E-state index contributed by atoms with van der Waals surface area (Å²) in [5.74, 6) is 1.23. The molecule has 166 valence electrons. The van der Waals surface area contributed by atoms with Crippen molar-refractivity contribution in [2.45, 2.75) is 24.3 Å². The molecule has 0 saturated carbocycles. The van der Waals surface area contributed by atoms with Crippen molar-refractivity contribution in [3.63, 3.8) is 0 Å². The molecule has 2 aromatic heterocycles. The number of hydrogen-bond acceptors (Lipinski definition) is 7. The molecular weight excluding hydrogens is 419 g/mol. The smallest absolute Gasteiger partial charge is 0.166 e. The molecule has 0 atom stereocenters. The highest BCUT2D eigenvalue weighted by atomic mass is 32.2. The zero-order chi connectivity index (χ0) is 21.6. The van der Waals surface area contributed by atoms with Gasteiger partial charge in [0.2, 0.25) is 0 Å². The highest BCUT2D eigenvalue weighted by molar-refractivity contribution is 7.98. The van der Waals surface area contributed by atoms with Crippen LogP contribution in [0.1, 0.15) is 17.7 Å². The van der Waals surface area contributed by atoms with E-state index in [0.29, 0.717) is 56.5 Å². The molecule has 1 aliphatic heterocycles. The predicted molar refractivity (Wildman–Crippen MR) is 120 cm³/mol. The van der Waals surface area contributed by atoms with Crippen molar-refractivity contribution in [2.75, 3.05) is 51.5 Å². The number of morpholine rings is 1. The maximum Gasteiger partial charge on any atom is 0.166 e. The highest BCUT2D eigenvalue weighted by Gasteiger charge is 2.17. The first-order valence-electron chi connectivity index (χ1n) is 10.4. The zero-order valence-corrected chi connectivity index (χ0v) is 18.6. The lowest BCUT2D eigenvalue weighted by molar-refractivity contribution is 0.122. The van der Waals surface area contributed by atoms with E-state index in [9.17, 15) is 4.39 Å². The first-order valence-corrected chi connectivity index (χ1v) is 11.3. The van der Waals surface area contributed by atoms with Gasteiger partial charge in [-0.05, 0) is 19.1 Å². The summed E-state index contributed by atoms with van der Waals surface area (Å²) in [4.78, 5) is 14.4. The minimum atomic E-state index is -0.245. The Morgan fingerprint density at radius 2 is 2.10 bits per heavy atom. The number of aromatic amines is 1. The number of nitrogens with zero attached hydrogens (tertiary/aromatic N) is 3. The van der Waals surface area contributed by atoms with E-state index < -0.39 is 0 Å². The fourth-order valence-corrected chi connectivity index (χ4v) is 4.40. The third-order valence-corrected chi connectivity index (χ3v) is 6.12. The highest BCUT2D eigenvalue weighted by Crippen LogP contribution is 2.30. The van der Waals surface area contributed by atoms with Gasteiger partial charge in [-0.15, -0.1) is 0 Å². The Balaban J connectivity index is 1.44. The van der Waals surface area contributed by atoms with E-state index >= 15 is 0 Å².